The van der Waals surface area contributed by atoms with E-state index in [1.807, 2.05) is 52.0 Å². The van der Waals surface area contributed by atoms with E-state index in [-0.39, 0.29) is 22.6 Å². The van der Waals surface area contributed by atoms with Crippen molar-refractivity contribution in [1.82, 2.24) is 15.2 Å². The SMILES string of the molecule is COC(=O)c1cc(C(C)(C)C)cc(NC(=O)c2ccc(C)c(Oc3ccnc(CN4CCNCC4)c3)c2)c1OC. The van der Waals surface area contributed by atoms with Crippen molar-refractivity contribution in [1.29, 1.82) is 0 Å². The number of piperazine rings is 1. The van der Waals surface area contributed by atoms with Gasteiger partial charge in [0.15, 0.2) is 5.75 Å². The summed E-state index contributed by atoms with van der Waals surface area (Å²) >= 11 is 0. The third kappa shape index (κ3) is 6.97. The molecule has 0 atom stereocenters. The summed E-state index contributed by atoms with van der Waals surface area (Å²) in [6.45, 7) is 12.7. The second kappa shape index (κ2) is 12.5. The molecule has 0 bridgehead atoms. The number of carbonyl (C=O) groups is 2. The average molecular weight is 547 g/mol. The van der Waals surface area contributed by atoms with Crippen LogP contribution in [-0.2, 0) is 16.7 Å². The van der Waals surface area contributed by atoms with Crippen LogP contribution in [-0.4, -0.2) is 62.2 Å². The molecule has 4 rings (SSSR count). The Labute approximate surface area is 235 Å². The number of benzene rings is 2. The number of nitrogens with zero attached hydrogens (tertiary/aromatic N) is 2. The molecule has 1 aliphatic heterocycles. The number of hydrogen-bond acceptors (Lipinski definition) is 8. The van der Waals surface area contributed by atoms with Crippen molar-refractivity contribution < 1.29 is 23.8 Å². The second-order valence-corrected chi connectivity index (χ2v) is 10.9. The molecule has 1 saturated heterocycles. The van der Waals surface area contributed by atoms with Crippen molar-refractivity contribution >= 4 is 17.6 Å². The Morgan fingerprint density at radius 3 is 2.48 bits per heavy atom. The number of esters is 1. The smallest absolute Gasteiger partial charge is 0.341 e. The van der Waals surface area contributed by atoms with Gasteiger partial charge in [0, 0.05) is 50.6 Å². The van der Waals surface area contributed by atoms with Gasteiger partial charge in [0.1, 0.15) is 17.1 Å². The highest BCUT2D eigenvalue weighted by atomic mass is 16.5. The summed E-state index contributed by atoms with van der Waals surface area (Å²) < 4.78 is 16.7. The molecule has 0 spiro atoms. The minimum Gasteiger partial charge on any atom is -0.494 e. The summed E-state index contributed by atoms with van der Waals surface area (Å²) in [5, 5.41) is 6.29. The van der Waals surface area contributed by atoms with E-state index in [0.29, 0.717) is 22.7 Å². The third-order valence-corrected chi connectivity index (χ3v) is 6.87. The summed E-state index contributed by atoms with van der Waals surface area (Å²) in [5.74, 6) is 0.559. The van der Waals surface area contributed by atoms with Gasteiger partial charge in [-0.25, -0.2) is 4.79 Å². The van der Waals surface area contributed by atoms with Crippen LogP contribution in [0, 0.1) is 6.92 Å². The molecule has 9 nitrogen and oxygen atoms in total. The molecule has 0 aliphatic carbocycles. The molecule has 0 radical (unpaired) electrons. The zero-order chi connectivity index (χ0) is 28.9. The maximum absolute atomic E-state index is 13.4. The average Bonchev–Trinajstić information content (AvgIpc) is 2.93. The predicted octanol–water partition coefficient (Wildman–Crippen LogP) is 4.93. The Morgan fingerprint density at radius 2 is 1.80 bits per heavy atom. The van der Waals surface area contributed by atoms with Gasteiger partial charge in [0.2, 0.25) is 0 Å². The van der Waals surface area contributed by atoms with Crippen LogP contribution in [0.5, 0.6) is 17.2 Å². The van der Waals surface area contributed by atoms with Gasteiger partial charge in [-0.2, -0.15) is 0 Å². The van der Waals surface area contributed by atoms with E-state index in [4.69, 9.17) is 14.2 Å². The molecule has 2 heterocycles. The number of aromatic nitrogens is 1. The normalized spacial score (nSPS) is 13.9. The van der Waals surface area contributed by atoms with Crippen molar-refractivity contribution in [2.45, 2.75) is 39.7 Å². The quantitative estimate of drug-likeness (QED) is 0.384. The molecule has 2 N–H and O–H groups in total. The molecule has 40 heavy (non-hydrogen) atoms. The fraction of sp³-hybridized carbons (Fsp3) is 0.387. The highest BCUT2D eigenvalue weighted by Crippen LogP contribution is 2.36. The second-order valence-electron chi connectivity index (χ2n) is 10.9. The molecular formula is C31H38N4O5. The summed E-state index contributed by atoms with van der Waals surface area (Å²) in [6, 6.07) is 12.6. The van der Waals surface area contributed by atoms with E-state index >= 15 is 0 Å². The van der Waals surface area contributed by atoms with Crippen LogP contribution >= 0.6 is 0 Å². The van der Waals surface area contributed by atoms with Gasteiger partial charge in [-0.1, -0.05) is 26.8 Å². The molecule has 1 amide bonds. The van der Waals surface area contributed by atoms with Crippen LogP contribution < -0.4 is 20.1 Å². The monoisotopic (exact) mass is 546 g/mol. The van der Waals surface area contributed by atoms with Gasteiger partial charge in [-0.15, -0.1) is 0 Å². The fourth-order valence-corrected chi connectivity index (χ4v) is 4.51. The first-order valence-corrected chi connectivity index (χ1v) is 13.4. The number of methoxy groups -OCH3 is 2. The van der Waals surface area contributed by atoms with Gasteiger partial charge in [0.05, 0.1) is 25.6 Å². The van der Waals surface area contributed by atoms with Crippen LogP contribution in [0.3, 0.4) is 0 Å². The van der Waals surface area contributed by atoms with Crippen LogP contribution in [0.15, 0.2) is 48.7 Å². The summed E-state index contributed by atoms with van der Waals surface area (Å²) in [7, 11) is 2.77. The summed E-state index contributed by atoms with van der Waals surface area (Å²) in [5.41, 5.74) is 3.42. The van der Waals surface area contributed by atoms with Crippen LogP contribution in [0.4, 0.5) is 5.69 Å². The lowest BCUT2D eigenvalue weighted by atomic mass is 9.85. The van der Waals surface area contributed by atoms with Crippen molar-refractivity contribution in [2.24, 2.45) is 0 Å². The zero-order valence-corrected chi connectivity index (χ0v) is 24.1. The van der Waals surface area contributed by atoms with E-state index < -0.39 is 5.97 Å². The van der Waals surface area contributed by atoms with Crippen LogP contribution in [0.1, 0.15) is 58.3 Å². The molecule has 2 aromatic carbocycles. The van der Waals surface area contributed by atoms with Crippen LogP contribution in [0.2, 0.25) is 0 Å². The highest BCUT2D eigenvalue weighted by molar-refractivity contribution is 6.07. The molecule has 1 fully saturated rings. The van der Waals surface area contributed by atoms with Crippen molar-refractivity contribution in [2.75, 3.05) is 45.7 Å². The lowest BCUT2D eigenvalue weighted by molar-refractivity contribution is 0.0596. The number of pyridine rings is 1. The zero-order valence-electron chi connectivity index (χ0n) is 24.1. The lowest BCUT2D eigenvalue weighted by Gasteiger charge is -2.26. The number of rotatable bonds is 8. The number of carbonyl (C=O) groups excluding carboxylic acids is 2. The maximum atomic E-state index is 13.4. The number of hydrogen-bond donors (Lipinski definition) is 2. The number of amides is 1. The summed E-state index contributed by atoms with van der Waals surface area (Å²) in [4.78, 5) is 32.8. The Hall–Kier alpha value is -3.95. The van der Waals surface area contributed by atoms with Crippen molar-refractivity contribution in [3.8, 4) is 17.2 Å². The van der Waals surface area contributed by atoms with Gasteiger partial charge in [0.25, 0.3) is 5.91 Å². The minimum absolute atomic E-state index is 0.241. The Bertz CT molecular complexity index is 1380. The largest absolute Gasteiger partial charge is 0.494 e. The number of nitrogens with one attached hydrogen (secondary N) is 2. The molecule has 0 unspecified atom stereocenters. The summed E-state index contributed by atoms with van der Waals surface area (Å²) in [6.07, 6.45) is 1.74. The first-order chi connectivity index (χ1) is 19.1. The van der Waals surface area contributed by atoms with E-state index in [9.17, 15) is 9.59 Å². The minimum atomic E-state index is -0.543. The lowest BCUT2D eigenvalue weighted by Crippen LogP contribution is -2.43. The van der Waals surface area contributed by atoms with Crippen molar-refractivity contribution in [3.05, 3.63) is 76.6 Å². The Balaban J connectivity index is 1.58. The van der Waals surface area contributed by atoms with Gasteiger partial charge in [-0.05, 0) is 53.8 Å². The Morgan fingerprint density at radius 1 is 1.05 bits per heavy atom. The number of ether oxygens (including phenoxy) is 3. The van der Waals surface area contributed by atoms with Gasteiger partial charge >= 0.3 is 5.97 Å². The van der Waals surface area contributed by atoms with Crippen molar-refractivity contribution in [3.63, 3.8) is 0 Å². The van der Waals surface area contributed by atoms with E-state index in [1.165, 1.54) is 14.2 Å². The topological polar surface area (TPSA) is 102 Å². The van der Waals surface area contributed by atoms with Gasteiger partial charge in [-0.3, -0.25) is 14.7 Å². The molecular weight excluding hydrogens is 508 g/mol. The van der Waals surface area contributed by atoms with Crippen LogP contribution in [0.25, 0.3) is 0 Å². The number of aryl methyl sites for hydroxylation is 1. The molecule has 212 valence electrons. The standard InChI is InChI=1S/C31H38N4O5/c1-20-7-8-21(15-27(20)40-24-9-10-33-23(18-24)19-35-13-11-32-12-14-35)29(36)34-26-17-22(31(2,3)4)16-25(28(26)38-5)30(37)39-6/h7-10,15-18,32H,11-14,19H2,1-6H3,(H,34,36). The van der Waals surface area contributed by atoms with E-state index in [2.05, 4.69) is 20.5 Å². The molecule has 0 saturated carbocycles. The maximum Gasteiger partial charge on any atom is 0.341 e. The molecule has 9 heteroatoms. The van der Waals surface area contributed by atoms with E-state index in [0.717, 1.165) is 49.5 Å². The van der Waals surface area contributed by atoms with Gasteiger partial charge < -0.3 is 24.8 Å². The highest BCUT2D eigenvalue weighted by Gasteiger charge is 2.25. The number of anilines is 1. The Kier molecular flexibility index (Phi) is 9.07. The first kappa shape index (κ1) is 29.0. The van der Waals surface area contributed by atoms with E-state index in [1.54, 1.807) is 24.4 Å². The molecule has 1 aromatic heterocycles. The predicted molar refractivity (Wildman–Crippen MR) is 155 cm³/mol. The third-order valence-electron chi connectivity index (χ3n) is 6.87. The first-order valence-electron chi connectivity index (χ1n) is 13.4. The molecule has 1 aliphatic rings. The molecule has 3 aromatic rings. The fourth-order valence-electron chi connectivity index (χ4n) is 4.51.